The number of amides is 1. The lowest BCUT2D eigenvalue weighted by Crippen LogP contribution is -2.36. The molecule has 1 aliphatic rings. The number of rotatable bonds is 5. The highest BCUT2D eigenvalue weighted by atomic mass is 35.5. The maximum absolute atomic E-state index is 13.1. The van der Waals surface area contributed by atoms with Crippen molar-refractivity contribution in [1.82, 2.24) is 4.31 Å². The number of aryl methyl sites for hydroxylation is 1. The highest BCUT2D eigenvalue weighted by Crippen LogP contribution is 2.29. The van der Waals surface area contributed by atoms with Gasteiger partial charge in [-0.05, 0) is 55.7 Å². The molecule has 8 heteroatoms. The number of carbonyl (C=O) groups excluding carboxylic acids is 1. The summed E-state index contributed by atoms with van der Waals surface area (Å²) in [6.07, 6.45) is 2.77. The average molecular weight is 436 g/mol. The van der Waals surface area contributed by atoms with E-state index in [0.717, 1.165) is 24.9 Å². The number of hydrogen-bond donors (Lipinski definition) is 1. The zero-order valence-corrected chi connectivity index (χ0v) is 18.5. The minimum absolute atomic E-state index is 0.186. The molecule has 1 N–H and O–H groups in total. The number of hydrogen-bond acceptors (Lipinski definition) is 4. The first-order chi connectivity index (χ1) is 13.7. The zero-order chi connectivity index (χ0) is 21.2. The Morgan fingerprint density at radius 1 is 1.07 bits per heavy atom. The molecular weight excluding hydrogens is 410 g/mol. The Hall–Kier alpha value is -2.09. The summed E-state index contributed by atoms with van der Waals surface area (Å²) in [7, 11) is 0.112. The highest BCUT2D eigenvalue weighted by molar-refractivity contribution is 7.89. The van der Waals surface area contributed by atoms with Crippen molar-refractivity contribution < 1.29 is 13.2 Å². The van der Waals surface area contributed by atoms with Crippen LogP contribution in [0.15, 0.2) is 41.3 Å². The van der Waals surface area contributed by atoms with Crippen LogP contribution in [0.3, 0.4) is 0 Å². The Morgan fingerprint density at radius 3 is 2.41 bits per heavy atom. The summed E-state index contributed by atoms with van der Waals surface area (Å²) in [6.45, 7) is 2.79. The van der Waals surface area contributed by atoms with Crippen LogP contribution in [0.5, 0.6) is 0 Å². The maximum atomic E-state index is 13.1. The Bertz CT molecular complexity index is 1020. The van der Waals surface area contributed by atoms with Gasteiger partial charge in [0.25, 0.3) is 5.91 Å². The smallest absolute Gasteiger partial charge is 0.255 e. The molecule has 1 saturated heterocycles. The first-order valence-corrected chi connectivity index (χ1v) is 11.4. The molecule has 0 aliphatic carbocycles. The predicted molar refractivity (Wildman–Crippen MR) is 118 cm³/mol. The van der Waals surface area contributed by atoms with Crippen molar-refractivity contribution in [2.75, 3.05) is 37.4 Å². The second-order valence-electron chi connectivity index (χ2n) is 7.46. The molecule has 0 saturated carbocycles. The van der Waals surface area contributed by atoms with Crippen molar-refractivity contribution in [3.8, 4) is 0 Å². The molecule has 1 aliphatic heterocycles. The van der Waals surface area contributed by atoms with Gasteiger partial charge in [-0.2, -0.15) is 4.31 Å². The highest BCUT2D eigenvalue weighted by Gasteiger charge is 2.28. The summed E-state index contributed by atoms with van der Waals surface area (Å²) < 4.78 is 27.7. The Labute approximate surface area is 177 Å². The number of halogens is 1. The van der Waals surface area contributed by atoms with Gasteiger partial charge in [0.05, 0.1) is 16.3 Å². The van der Waals surface area contributed by atoms with Gasteiger partial charge < -0.3 is 10.2 Å². The van der Waals surface area contributed by atoms with E-state index >= 15 is 0 Å². The molecule has 0 atom stereocenters. The molecule has 2 aromatic carbocycles. The summed E-state index contributed by atoms with van der Waals surface area (Å²) in [5, 5.41) is 3.36. The lowest BCUT2D eigenvalue weighted by molar-refractivity contribution is 0.102. The minimum Gasteiger partial charge on any atom is -0.376 e. The fourth-order valence-electron chi connectivity index (χ4n) is 3.46. The third-order valence-corrected chi connectivity index (χ3v) is 7.35. The molecule has 0 bridgehead atoms. The Balaban J connectivity index is 1.92. The number of nitrogens with zero attached hydrogens (tertiary/aromatic N) is 2. The monoisotopic (exact) mass is 435 g/mol. The summed E-state index contributed by atoms with van der Waals surface area (Å²) in [6, 6.07) is 10.0. The molecule has 1 amide bonds. The molecule has 2 aromatic rings. The van der Waals surface area contributed by atoms with Crippen LogP contribution in [0, 0.1) is 6.92 Å². The van der Waals surface area contributed by atoms with E-state index in [9.17, 15) is 13.2 Å². The SMILES string of the molecule is Cc1ccc(C(=O)Nc2cc(Cl)ccc2N(C)C)cc1S(=O)(=O)N1CCCCC1. The van der Waals surface area contributed by atoms with E-state index in [0.29, 0.717) is 29.4 Å². The third kappa shape index (κ3) is 4.74. The largest absolute Gasteiger partial charge is 0.376 e. The molecule has 3 rings (SSSR count). The predicted octanol–water partition coefficient (Wildman–Crippen LogP) is 4.14. The molecule has 156 valence electrons. The number of carbonyl (C=O) groups is 1. The van der Waals surface area contributed by atoms with E-state index in [1.54, 1.807) is 31.2 Å². The number of piperidine rings is 1. The lowest BCUT2D eigenvalue weighted by Gasteiger charge is -2.26. The number of anilines is 2. The van der Waals surface area contributed by atoms with E-state index in [1.807, 2.05) is 25.1 Å². The van der Waals surface area contributed by atoms with Crippen LogP contribution in [0.2, 0.25) is 5.02 Å². The average Bonchev–Trinajstić information content (AvgIpc) is 2.68. The minimum atomic E-state index is -3.63. The van der Waals surface area contributed by atoms with Crippen molar-refractivity contribution in [2.45, 2.75) is 31.1 Å². The van der Waals surface area contributed by atoms with Crippen LogP contribution in [0.1, 0.15) is 35.2 Å². The standard InChI is InChI=1S/C21H26ClN3O3S/c1-15-7-8-16(13-20(15)29(27,28)25-11-5-4-6-12-25)21(26)23-18-14-17(22)9-10-19(18)24(2)3/h7-10,13-14H,4-6,11-12H2,1-3H3,(H,23,26). The van der Waals surface area contributed by atoms with Crippen molar-refractivity contribution >= 4 is 38.9 Å². The van der Waals surface area contributed by atoms with Crippen molar-refractivity contribution in [3.63, 3.8) is 0 Å². The summed E-state index contributed by atoms with van der Waals surface area (Å²) in [4.78, 5) is 14.9. The molecule has 1 fully saturated rings. The first kappa shape index (κ1) is 21.6. The van der Waals surface area contributed by atoms with Crippen LogP contribution in [0.4, 0.5) is 11.4 Å². The molecule has 0 radical (unpaired) electrons. The van der Waals surface area contributed by atoms with E-state index in [-0.39, 0.29) is 16.4 Å². The second kappa shape index (κ2) is 8.73. The van der Waals surface area contributed by atoms with Crippen molar-refractivity contribution in [3.05, 3.63) is 52.5 Å². The molecule has 0 unspecified atom stereocenters. The summed E-state index contributed by atoms with van der Waals surface area (Å²) >= 11 is 6.09. The van der Waals surface area contributed by atoms with Crippen molar-refractivity contribution in [1.29, 1.82) is 0 Å². The molecular formula is C21H26ClN3O3S. The molecule has 0 spiro atoms. The van der Waals surface area contributed by atoms with Gasteiger partial charge in [0, 0.05) is 37.8 Å². The summed E-state index contributed by atoms with van der Waals surface area (Å²) in [5.41, 5.74) is 2.28. The van der Waals surface area contributed by atoms with Crippen LogP contribution in [-0.4, -0.2) is 45.8 Å². The fourth-order valence-corrected chi connectivity index (χ4v) is 5.40. The molecule has 6 nitrogen and oxygen atoms in total. The molecule has 0 aromatic heterocycles. The van der Waals surface area contributed by atoms with E-state index in [4.69, 9.17) is 11.6 Å². The van der Waals surface area contributed by atoms with Gasteiger partial charge >= 0.3 is 0 Å². The number of sulfonamides is 1. The van der Waals surface area contributed by atoms with Gasteiger partial charge in [0.15, 0.2) is 0 Å². The topological polar surface area (TPSA) is 69.7 Å². The number of benzene rings is 2. The van der Waals surface area contributed by atoms with Crippen LogP contribution in [-0.2, 0) is 10.0 Å². The maximum Gasteiger partial charge on any atom is 0.255 e. The Kier molecular flexibility index (Phi) is 6.51. The zero-order valence-electron chi connectivity index (χ0n) is 16.9. The van der Waals surface area contributed by atoms with Gasteiger partial charge in [0.1, 0.15) is 0 Å². The normalized spacial score (nSPS) is 15.2. The van der Waals surface area contributed by atoms with Gasteiger partial charge in [0.2, 0.25) is 10.0 Å². The first-order valence-electron chi connectivity index (χ1n) is 9.59. The fraction of sp³-hybridized carbons (Fsp3) is 0.381. The van der Waals surface area contributed by atoms with Gasteiger partial charge in [-0.1, -0.05) is 24.1 Å². The van der Waals surface area contributed by atoms with E-state index in [1.165, 1.54) is 10.4 Å². The summed E-state index contributed by atoms with van der Waals surface area (Å²) in [5.74, 6) is -0.384. The van der Waals surface area contributed by atoms with Crippen LogP contribution in [0.25, 0.3) is 0 Å². The van der Waals surface area contributed by atoms with Crippen LogP contribution < -0.4 is 10.2 Å². The third-order valence-electron chi connectivity index (χ3n) is 5.07. The van der Waals surface area contributed by atoms with Crippen LogP contribution >= 0.6 is 11.6 Å². The quantitative estimate of drug-likeness (QED) is 0.766. The van der Waals surface area contributed by atoms with Gasteiger partial charge in [-0.25, -0.2) is 8.42 Å². The van der Waals surface area contributed by atoms with E-state index in [2.05, 4.69) is 5.32 Å². The number of nitrogens with one attached hydrogen (secondary N) is 1. The van der Waals surface area contributed by atoms with Gasteiger partial charge in [-0.3, -0.25) is 4.79 Å². The van der Waals surface area contributed by atoms with Gasteiger partial charge in [-0.15, -0.1) is 0 Å². The second-order valence-corrected chi connectivity index (χ2v) is 9.80. The van der Waals surface area contributed by atoms with Crippen molar-refractivity contribution in [2.24, 2.45) is 0 Å². The molecule has 1 heterocycles. The molecule has 29 heavy (non-hydrogen) atoms. The lowest BCUT2D eigenvalue weighted by atomic mass is 10.1. The van der Waals surface area contributed by atoms with E-state index < -0.39 is 10.0 Å². The Morgan fingerprint density at radius 2 is 1.76 bits per heavy atom.